The van der Waals surface area contributed by atoms with Gasteiger partial charge in [-0.15, -0.1) is 23.2 Å². The topological polar surface area (TPSA) is 68.8 Å². The Morgan fingerprint density at radius 2 is 2.00 bits per heavy atom. The summed E-state index contributed by atoms with van der Waals surface area (Å²) >= 11 is 11.6. The van der Waals surface area contributed by atoms with Gasteiger partial charge in [0.2, 0.25) is 0 Å². The molecule has 21 heavy (non-hydrogen) atoms. The highest BCUT2D eigenvalue weighted by Gasteiger charge is 2.21. The van der Waals surface area contributed by atoms with E-state index in [4.69, 9.17) is 32.4 Å². The van der Waals surface area contributed by atoms with Crippen LogP contribution in [0.1, 0.15) is 0 Å². The third-order valence-electron chi connectivity index (χ3n) is 3.06. The molecule has 0 unspecified atom stereocenters. The number of ether oxygens (including phenoxy) is 1. The van der Waals surface area contributed by atoms with Gasteiger partial charge in [-0.25, -0.2) is 0 Å². The van der Waals surface area contributed by atoms with Crippen molar-refractivity contribution in [1.29, 1.82) is 0 Å². The van der Waals surface area contributed by atoms with E-state index in [9.17, 15) is 10.1 Å². The van der Waals surface area contributed by atoms with Crippen LogP contribution in [0.25, 0.3) is 11.0 Å². The van der Waals surface area contributed by atoms with Crippen LogP contribution in [0.15, 0.2) is 22.6 Å². The van der Waals surface area contributed by atoms with Crippen LogP contribution in [0.3, 0.4) is 0 Å². The molecule has 0 aliphatic rings. The molecule has 0 saturated carbocycles. The molecule has 6 nitrogen and oxygen atoms in total. The van der Waals surface area contributed by atoms with Gasteiger partial charge in [0, 0.05) is 24.8 Å². The number of methoxy groups -OCH3 is 1. The number of hydrogen-bond donors (Lipinski definition) is 0. The molecule has 0 radical (unpaired) electrons. The van der Waals surface area contributed by atoms with E-state index in [1.165, 1.54) is 13.2 Å². The second-order valence-corrected chi connectivity index (χ2v) is 4.99. The Morgan fingerprint density at radius 3 is 2.52 bits per heavy atom. The Hall–Kier alpha value is -1.66. The van der Waals surface area contributed by atoms with E-state index in [0.29, 0.717) is 47.3 Å². The third-order valence-corrected chi connectivity index (χ3v) is 3.40. The van der Waals surface area contributed by atoms with Crippen molar-refractivity contribution in [3.05, 3.63) is 28.3 Å². The van der Waals surface area contributed by atoms with Gasteiger partial charge in [-0.05, 0) is 12.1 Å². The first-order valence-electron chi connectivity index (χ1n) is 6.24. The fraction of sp³-hybridized carbons (Fsp3) is 0.385. The Bertz CT molecular complexity index is 638. The molecule has 0 spiro atoms. The number of benzene rings is 1. The predicted octanol–water partition coefficient (Wildman–Crippen LogP) is 3.63. The first-order chi connectivity index (χ1) is 10.1. The van der Waals surface area contributed by atoms with Gasteiger partial charge in [0.15, 0.2) is 5.58 Å². The van der Waals surface area contributed by atoms with Crippen LogP contribution in [-0.4, -0.2) is 36.9 Å². The van der Waals surface area contributed by atoms with Crippen molar-refractivity contribution in [3.63, 3.8) is 0 Å². The molecule has 0 N–H and O–H groups in total. The average molecular weight is 333 g/mol. The molecule has 1 aromatic carbocycles. The summed E-state index contributed by atoms with van der Waals surface area (Å²) in [6, 6.07) is 4.89. The van der Waals surface area contributed by atoms with Crippen molar-refractivity contribution in [2.24, 2.45) is 0 Å². The van der Waals surface area contributed by atoms with Crippen LogP contribution in [-0.2, 0) is 0 Å². The van der Waals surface area contributed by atoms with Crippen molar-refractivity contribution in [1.82, 2.24) is 0 Å². The summed E-state index contributed by atoms with van der Waals surface area (Å²) < 4.78 is 10.6. The van der Waals surface area contributed by atoms with Crippen LogP contribution in [0, 0.1) is 10.1 Å². The minimum atomic E-state index is -0.573. The van der Waals surface area contributed by atoms with Crippen LogP contribution in [0.2, 0.25) is 0 Å². The van der Waals surface area contributed by atoms with Gasteiger partial charge in [0.05, 0.1) is 24.2 Å². The first kappa shape index (κ1) is 15.7. The van der Waals surface area contributed by atoms with Gasteiger partial charge < -0.3 is 14.1 Å². The number of furan rings is 1. The third kappa shape index (κ3) is 3.16. The molecule has 0 fully saturated rings. The van der Waals surface area contributed by atoms with Gasteiger partial charge >= 0.3 is 5.88 Å². The smallest absolute Gasteiger partial charge is 0.434 e. The summed E-state index contributed by atoms with van der Waals surface area (Å²) in [5.41, 5.74) is 1.11. The highest BCUT2D eigenvalue weighted by molar-refractivity contribution is 6.18. The van der Waals surface area contributed by atoms with Crippen molar-refractivity contribution in [3.8, 4) is 5.75 Å². The van der Waals surface area contributed by atoms with Gasteiger partial charge in [-0.3, -0.25) is 10.1 Å². The molecule has 0 saturated heterocycles. The first-order valence-corrected chi connectivity index (χ1v) is 7.31. The van der Waals surface area contributed by atoms with Crippen LogP contribution < -0.4 is 9.64 Å². The zero-order valence-corrected chi connectivity index (χ0v) is 12.9. The number of nitrogens with zero attached hydrogens (tertiary/aromatic N) is 2. The van der Waals surface area contributed by atoms with Crippen molar-refractivity contribution in [2.45, 2.75) is 0 Å². The molecule has 1 aromatic heterocycles. The maximum atomic E-state index is 10.9. The Balaban J connectivity index is 2.60. The SMILES string of the molecule is COc1ccc(N(CCCl)CCCl)c2oc([N+](=O)[O-])cc12. The lowest BCUT2D eigenvalue weighted by Gasteiger charge is -2.23. The number of rotatable bonds is 7. The second-order valence-electron chi connectivity index (χ2n) is 4.24. The van der Waals surface area contributed by atoms with E-state index >= 15 is 0 Å². The van der Waals surface area contributed by atoms with Crippen molar-refractivity contribution in [2.75, 3.05) is 36.9 Å². The minimum Gasteiger partial charge on any atom is -0.496 e. The molecule has 0 atom stereocenters. The molecule has 8 heteroatoms. The zero-order chi connectivity index (χ0) is 15.4. The fourth-order valence-electron chi connectivity index (χ4n) is 2.15. The summed E-state index contributed by atoms with van der Waals surface area (Å²) in [4.78, 5) is 12.3. The molecule has 0 aliphatic carbocycles. The van der Waals surface area contributed by atoms with Gasteiger partial charge in [0.1, 0.15) is 10.7 Å². The Kier molecular flexibility index (Phi) is 5.14. The lowest BCUT2D eigenvalue weighted by molar-refractivity contribution is -0.401. The molecule has 114 valence electrons. The van der Waals surface area contributed by atoms with E-state index in [0.717, 1.165) is 0 Å². The highest BCUT2D eigenvalue weighted by atomic mass is 35.5. The van der Waals surface area contributed by atoms with Crippen LogP contribution in [0.4, 0.5) is 11.6 Å². The van der Waals surface area contributed by atoms with Crippen LogP contribution in [0.5, 0.6) is 5.75 Å². The number of fused-ring (bicyclic) bond motifs is 1. The van der Waals surface area contributed by atoms with E-state index < -0.39 is 4.92 Å². The monoisotopic (exact) mass is 332 g/mol. The van der Waals surface area contributed by atoms with E-state index in [1.807, 2.05) is 4.90 Å². The van der Waals surface area contributed by atoms with Gasteiger partial charge in [0.25, 0.3) is 0 Å². The largest absolute Gasteiger partial charge is 0.496 e. The molecule has 1 heterocycles. The van der Waals surface area contributed by atoms with E-state index in [2.05, 4.69) is 0 Å². The number of halogens is 2. The summed E-state index contributed by atoms with van der Waals surface area (Å²) in [6.07, 6.45) is 0. The summed E-state index contributed by atoms with van der Waals surface area (Å²) in [6.45, 7) is 1.12. The average Bonchev–Trinajstić information content (AvgIpc) is 2.91. The number of alkyl halides is 2. The van der Waals surface area contributed by atoms with E-state index in [-0.39, 0.29) is 5.88 Å². The normalized spacial score (nSPS) is 10.8. The summed E-state index contributed by atoms with van der Waals surface area (Å²) in [5.74, 6) is 1.01. The lowest BCUT2D eigenvalue weighted by Crippen LogP contribution is -2.27. The number of hydrogen-bond acceptors (Lipinski definition) is 5. The fourth-order valence-corrected chi connectivity index (χ4v) is 2.55. The molecular formula is C13H14Cl2N2O4. The lowest BCUT2D eigenvalue weighted by atomic mass is 10.2. The minimum absolute atomic E-state index is 0.326. The standard InChI is InChI=1S/C13H14Cl2N2O4/c1-20-11-3-2-10(16(6-4-14)7-5-15)13-9(11)8-12(21-13)17(18)19/h2-3,8H,4-7H2,1H3. The molecule has 2 aromatic rings. The number of nitro groups is 1. The zero-order valence-electron chi connectivity index (χ0n) is 11.3. The second kappa shape index (κ2) is 6.87. The van der Waals surface area contributed by atoms with Crippen molar-refractivity contribution >= 4 is 45.7 Å². The molecule has 2 rings (SSSR count). The Labute approximate surface area is 131 Å². The highest BCUT2D eigenvalue weighted by Crippen LogP contribution is 2.38. The number of anilines is 1. The molecule has 0 bridgehead atoms. The van der Waals surface area contributed by atoms with Crippen LogP contribution >= 0.6 is 23.2 Å². The summed E-state index contributed by atoms with van der Waals surface area (Å²) in [7, 11) is 1.50. The quantitative estimate of drug-likeness (QED) is 0.440. The van der Waals surface area contributed by atoms with Crippen molar-refractivity contribution < 1.29 is 14.1 Å². The Morgan fingerprint density at radius 1 is 1.33 bits per heavy atom. The maximum Gasteiger partial charge on any atom is 0.434 e. The molecular weight excluding hydrogens is 319 g/mol. The summed E-state index contributed by atoms with van der Waals surface area (Å²) in [5, 5.41) is 11.5. The molecule has 0 aliphatic heterocycles. The van der Waals surface area contributed by atoms with Gasteiger partial charge in [-0.1, -0.05) is 0 Å². The van der Waals surface area contributed by atoms with E-state index in [1.54, 1.807) is 12.1 Å². The predicted molar refractivity (Wildman–Crippen MR) is 83.1 cm³/mol. The molecule has 0 amide bonds. The maximum absolute atomic E-state index is 10.9. The van der Waals surface area contributed by atoms with Gasteiger partial charge in [-0.2, -0.15) is 0 Å².